The molecular weight excluding hydrogens is 344 g/mol. The highest BCUT2D eigenvalue weighted by Crippen LogP contribution is 2.36. The van der Waals surface area contributed by atoms with Crippen molar-refractivity contribution in [3.8, 4) is 0 Å². The number of nitrogens with one attached hydrogen (secondary N) is 1. The molecule has 26 heavy (non-hydrogen) atoms. The largest absolute Gasteiger partial charge is 0.360 e. The first-order valence-electron chi connectivity index (χ1n) is 9.79. The number of hydrogen-bond donors (Lipinski definition) is 1. The molecule has 2 aromatic heterocycles. The predicted octanol–water partition coefficient (Wildman–Crippen LogP) is 4.07. The normalized spacial score (nSPS) is 23.1. The van der Waals surface area contributed by atoms with Crippen molar-refractivity contribution in [1.82, 2.24) is 14.9 Å². The lowest BCUT2D eigenvalue weighted by molar-refractivity contribution is -0.132. The molecule has 6 heteroatoms. The molecule has 1 aliphatic heterocycles. The highest BCUT2D eigenvalue weighted by molar-refractivity contribution is 7.18. The molecule has 2 atom stereocenters. The van der Waals surface area contributed by atoms with Crippen molar-refractivity contribution < 1.29 is 4.79 Å². The Bertz CT molecular complexity index is 831. The topological polar surface area (TPSA) is 58.1 Å². The van der Waals surface area contributed by atoms with Crippen LogP contribution in [0.5, 0.6) is 0 Å². The fraction of sp³-hybridized carbons (Fsp3) is 0.650. The molecule has 0 radical (unpaired) electrons. The van der Waals surface area contributed by atoms with Crippen LogP contribution in [0.15, 0.2) is 0 Å². The van der Waals surface area contributed by atoms with Crippen LogP contribution in [0.1, 0.15) is 48.4 Å². The van der Waals surface area contributed by atoms with Crippen LogP contribution in [0.25, 0.3) is 10.2 Å². The zero-order valence-corrected chi connectivity index (χ0v) is 16.8. The van der Waals surface area contributed by atoms with Gasteiger partial charge in [-0.1, -0.05) is 19.3 Å². The minimum Gasteiger partial charge on any atom is -0.360 e. The van der Waals surface area contributed by atoms with Crippen LogP contribution in [-0.4, -0.2) is 40.4 Å². The van der Waals surface area contributed by atoms with Gasteiger partial charge in [0.2, 0.25) is 5.91 Å². The van der Waals surface area contributed by atoms with Gasteiger partial charge in [-0.25, -0.2) is 9.97 Å². The Balaban J connectivity index is 1.45. The van der Waals surface area contributed by atoms with Gasteiger partial charge < -0.3 is 10.2 Å². The first kappa shape index (κ1) is 17.7. The number of piperidine rings is 1. The van der Waals surface area contributed by atoms with Gasteiger partial charge in [-0.2, -0.15) is 0 Å². The molecular formula is C20H28N4OS. The Labute approximate surface area is 159 Å². The summed E-state index contributed by atoms with van der Waals surface area (Å²) in [4.78, 5) is 26.2. The van der Waals surface area contributed by atoms with E-state index >= 15 is 0 Å². The molecule has 2 fully saturated rings. The van der Waals surface area contributed by atoms with Gasteiger partial charge in [0.25, 0.3) is 0 Å². The van der Waals surface area contributed by atoms with Crippen LogP contribution in [0, 0.1) is 32.6 Å². The SMILES string of the molecule is Cc1nc(NCC(=O)N2CC[C@H]3CCCC[C@H]3C2)c2c(C)c(C)sc2n1. The Morgan fingerprint density at radius 3 is 2.73 bits per heavy atom. The maximum atomic E-state index is 12.8. The Kier molecular flexibility index (Phi) is 4.86. The molecule has 0 aromatic carbocycles. The molecule has 0 spiro atoms. The molecule has 140 valence electrons. The maximum Gasteiger partial charge on any atom is 0.241 e. The third-order valence-electron chi connectivity index (χ3n) is 6.19. The molecule has 1 saturated carbocycles. The number of aryl methyl sites for hydroxylation is 3. The van der Waals surface area contributed by atoms with Crippen molar-refractivity contribution in [2.24, 2.45) is 11.8 Å². The first-order valence-corrected chi connectivity index (χ1v) is 10.6. The second-order valence-corrected chi connectivity index (χ2v) is 9.07. The minimum atomic E-state index is 0.197. The predicted molar refractivity (Wildman–Crippen MR) is 107 cm³/mol. The number of rotatable bonds is 3. The summed E-state index contributed by atoms with van der Waals surface area (Å²) in [5, 5.41) is 4.38. The Morgan fingerprint density at radius 1 is 1.15 bits per heavy atom. The zero-order chi connectivity index (χ0) is 18.3. The molecule has 0 unspecified atom stereocenters. The second-order valence-electron chi connectivity index (χ2n) is 7.87. The summed E-state index contributed by atoms with van der Waals surface area (Å²) in [7, 11) is 0. The fourth-order valence-corrected chi connectivity index (χ4v) is 5.66. The summed E-state index contributed by atoms with van der Waals surface area (Å²) in [6.07, 6.45) is 6.53. The molecule has 1 amide bonds. The Morgan fingerprint density at radius 2 is 1.92 bits per heavy atom. The van der Waals surface area contributed by atoms with Crippen LogP contribution >= 0.6 is 11.3 Å². The van der Waals surface area contributed by atoms with Crippen LogP contribution in [-0.2, 0) is 4.79 Å². The van der Waals surface area contributed by atoms with E-state index in [-0.39, 0.29) is 5.91 Å². The van der Waals surface area contributed by atoms with Gasteiger partial charge in [0, 0.05) is 18.0 Å². The molecule has 1 saturated heterocycles. The number of nitrogens with zero attached hydrogens (tertiary/aromatic N) is 3. The van der Waals surface area contributed by atoms with Gasteiger partial charge >= 0.3 is 0 Å². The summed E-state index contributed by atoms with van der Waals surface area (Å²) < 4.78 is 0. The molecule has 2 aromatic rings. The minimum absolute atomic E-state index is 0.197. The quantitative estimate of drug-likeness (QED) is 0.882. The summed E-state index contributed by atoms with van der Waals surface area (Å²) in [5.41, 5.74) is 1.21. The average Bonchev–Trinajstić information content (AvgIpc) is 2.92. The summed E-state index contributed by atoms with van der Waals surface area (Å²) >= 11 is 1.70. The standard InChI is InChI=1S/C20H28N4OS/c1-12-13(2)26-20-18(12)19(22-14(3)23-20)21-10-17(25)24-9-8-15-6-4-5-7-16(15)11-24/h15-16H,4-11H2,1-3H3,(H,21,22,23)/t15-,16+/m1/s1. The van der Waals surface area contributed by atoms with E-state index in [2.05, 4.69) is 34.0 Å². The lowest BCUT2D eigenvalue weighted by Crippen LogP contribution is -2.46. The number of thiophene rings is 1. The van der Waals surface area contributed by atoms with Gasteiger partial charge in [-0.05, 0) is 51.0 Å². The van der Waals surface area contributed by atoms with E-state index in [0.29, 0.717) is 6.54 Å². The summed E-state index contributed by atoms with van der Waals surface area (Å²) in [6.45, 7) is 8.30. The monoisotopic (exact) mass is 372 g/mol. The number of aromatic nitrogens is 2. The zero-order valence-electron chi connectivity index (χ0n) is 16.0. The van der Waals surface area contributed by atoms with Crippen molar-refractivity contribution in [2.45, 2.75) is 52.9 Å². The van der Waals surface area contributed by atoms with Crippen LogP contribution < -0.4 is 5.32 Å². The van der Waals surface area contributed by atoms with Gasteiger partial charge in [0.15, 0.2) is 0 Å². The van der Waals surface area contributed by atoms with Crippen molar-refractivity contribution >= 4 is 33.3 Å². The van der Waals surface area contributed by atoms with Crippen LogP contribution in [0.2, 0.25) is 0 Å². The highest BCUT2D eigenvalue weighted by atomic mass is 32.1. The fourth-order valence-electron chi connectivity index (χ4n) is 4.58. The smallest absolute Gasteiger partial charge is 0.241 e. The van der Waals surface area contributed by atoms with E-state index in [4.69, 9.17) is 0 Å². The van der Waals surface area contributed by atoms with E-state index < -0.39 is 0 Å². The molecule has 5 nitrogen and oxygen atoms in total. The number of hydrogen-bond acceptors (Lipinski definition) is 5. The molecule has 2 aliphatic rings. The van der Waals surface area contributed by atoms with E-state index in [9.17, 15) is 4.79 Å². The summed E-state index contributed by atoms with van der Waals surface area (Å²) in [5.74, 6) is 3.31. The van der Waals surface area contributed by atoms with Gasteiger partial charge in [-0.3, -0.25) is 4.79 Å². The van der Waals surface area contributed by atoms with E-state index in [1.54, 1.807) is 11.3 Å². The third kappa shape index (κ3) is 3.31. The molecule has 3 heterocycles. The van der Waals surface area contributed by atoms with Crippen molar-refractivity contribution in [3.05, 3.63) is 16.3 Å². The molecule has 4 rings (SSSR count). The molecule has 1 aliphatic carbocycles. The van der Waals surface area contributed by atoms with Crippen molar-refractivity contribution in [2.75, 3.05) is 25.0 Å². The third-order valence-corrected chi connectivity index (χ3v) is 7.29. The lowest BCUT2D eigenvalue weighted by Gasteiger charge is -2.41. The van der Waals surface area contributed by atoms with Crippen LogP contribution in [0.3, 0.4) is 0 Å². The second kappa shape index (κ2) is 7.14. The number of anilines is 1. The maximum absolute atomic E-state index is 12.8. The van der Waals surface area contributed by atoms with Gasteiger partial charge in [-0.15, -0.1) is 11.3 Å². The number of carbonyl (C=O) groups is 1. The van der Waals surface area contributed by atoms with Crippen molar-refractivity contribution in [1.29, 1.82) is 0 Å². The number of carbonyl (C=O) groups excluding carboxylic acids is 1. The van der Waals surface area contributed by atoms with E-state index in [0.717, 1.165) is 46.8 Å². The van der Waals surface area contributed by atoms with Crippen LogP contribution in [0.4, 0.5) is 5.82 Å². The number of fused-ring (bicyclic) bond motifs is 2. The lowest BCUT2D eigenvalue weighted by atomic mass is 9.75. The highest BCUT2D eigenvalue weighted by Gasteiger charge is 2.32. The average molecular weight is 373 g/mol. The van der Waals surface area contributed by atoms with Gasteiger partial charge in [0.05, 0.1) is 11.9 Å². The molecule has 1 N–H and O–H groups in total. The summed E-state index contributed by atoms with van der Waals surface area (Å²) in [6, 6.07) is 0. The van der Waals surface area contributed by atoms with E-state index in [1.807, 2.05) is 6.92 Å². The van der Waals surface area contributed by atoms with E-state index in [1.165, 1.54) is 42.5 Å². The van der Waals surface area contributed by atoms with Gasteiger partial charge in [0.1, 0.15) is 16.5 Å². The van der Waals surface area contributed by atoms with Crippen molar-refractivity contribution in [3.63, 3.8) is 0 Å². The molecule has 0 bridgehead atoms. The number of likely N-dealkylation sites (tertiary alicyclic amines) is 1. The number of amides is 1. The first-order chi connectivity index (χ1) is 12.5. The Hall–Kier alpha value is -1.69.